The average molecular weight is 237 g/mol. The second-order valence-corrected chi connectivity index (χ2v) is 3.36. The van der Waals surface area contributed by atoms with Gasteiger partial charge in [-0.05, 0) is 0 Å². The standard InChI is InChI=1S/C12H15NO4/c1-8(12(14)15)7-13-9-4-10(16-2)6-11(5-9)17-3/h4-6,13H,1,7H2,2-3H3,(H,14,15). The van der Waals surface area contributed by atoms with Crippen LogP contribution in [0.3, 0.4) is 0 Å². The summed E-state index contributed by atoms with van der Waals surface area (Å²) in [5.74, 6) is 0.243. The molecule has 0 aliphatic heterocycles. The number of carboxylic acids is 1. The Balaban J connectivity index is 2.76. The van der Waals surface area contributed by atoms with E-state index in [2.05, 4.69) is 11.9 Å². The smallest absolute Gasteiger partial charge is 0.332 e. The van der Waals surface area contributed by atoms with Crippen molar-refractivity contribution in [3.8, 4) is 11.5 Å². The molecule has 0 saturated carbocycles. The predicted octanol–water partition coefficient (Wildman–Crippen LogP) is 1.76. The van der Waals surface area contributed by atoms with Crippen LogP contribution in [0.15, 0.2) is 30.4 Å². The van der Waals surface area contributed by atoms with Gasteiger partial charge < -0.3 is 19.9 Å². The molecule has 0 fully saturated rings. The van der Waals surface area contributed by atoms with Gasteiger partial charge in [0.05, 0.1) is 14.2 Å². The number of nitrogens with one attached hydrogen (secondary N) is 1. The summed E-state index contributed by atoms with van der Waals surface area (Å²) in [5, 5.41) is 11.6. The highest BCUT2D eigenvalue weighted by Crippen LogP contribution is 2.25. The molecule has 5 heteroatoms. The van der Waals surface area contributed by atoms with E-state index in [9.17, 15) is 4.79 Å². The quantitative estimate of drug-likeness (QED) is 0.738. The minimum atomic E-state index is -1.02. The molecule has 0 bridgehead atoms. The zero-order valence-electron chi connectivity index (χ0n) is 9.82. The molecule has 0 amide bonds. The number of anilines is 1. The molecule has 92 valence electrons. The molecule has 0 spiro atoms. The number of aliphatic carboxylic acids is 1. The number of carbonyl (C=O) groups is 1. The van der Waals surface area contributed by atoms with Crippen molar-refractivity contribution in [2.24, 2.45) is 0 Å². The van der Waals surface area contributed by atoms with Crippen LogP contribution in [-0.2, 0) is 4.79 Å². The Bertz CT molecular complexity index is 406. The summed E-state index contributed by atoms with van der Waals surface area (Å²) < 4.78 is 10.2. The summed E-state index contributed by atoms with van der Waals surface area (Å²) in [6, 6.07) is 5.23. The van der Waals surface area contributed by atoms with E-state index in [4.69, 9.17) is 14.6 Å². The molecule has 1 aromatic carbocycles. The lowest BCUT2D eigenvalue weighted by molar-refractivity contribution is -0.132. The Morgan fingerprint density at radius 1 is 1.29 bits per heavy atom. The number of benzene rings is 1. The van der Waals surface area contributed by atoms with Crippen molar-refractivity contribution in [3.63, 3.8) is 0 Å². The van der Waals surface area contributed by atoms with Crippen molar-refractivity contribution in [2.75, 3.05) is 26.1 Å². The van der Waals surface area contributed by atoms with E-state index in [1.54, 1.807) is 32.4 Å². The normalized spacial score (nSPS) is 9.53. The van der Waals surface area contributed by atoms with Gasteiger partial charge in [0.15, 0.2) is 0 Å². The Morgan fingerprint density at radius 3 is 2.24 bits per heavy atom. The summed E-state index contributed by atoms with van der Waals surface area (Å²) in [6.45, 7) is 3.59. The minimum Gasteiger partial charge on any atom is -0.497 e. The highest BCUT2D eigenvalue weighted by atomic mass is 16.5. The summed E-state index contributed by atoms with van der Waals surface area (Å²) in [7, 11) is 3.10. The topological polar surface area (TPSA) is 67.8 Å². The lowest BCUT2D eigenvalue weighted by Crippen LogP contribution is -2.11. The molecule has 1 rings (SSSR count). The van der Waals surface area contributed by atoms with E-state index in [1.165, 1.54) is 0 Å². The zero-order valence-corrected chi connectivity index (χ0v) is 9.82. The SMILES string of the molecule is C=C(CNc1cc(OC)cc(OC)c1)C(=O)O. The van der Waals surface area contributed by atoms with Crippen LogP contribution >= 0.6 is 0 Å². The number of ether oxygens (including phenoxy) is 2. The highest BCUT2D eigenvalue weighted by molar-refractivity contribution is 5.86. The molecule has 0 heterocycles. The predicted molar refractivity (Wildman–Crippen MR) is 64.8 cm³/mol. The lowest BCUT2D eigenvalue weighted by atomic mass is 10.2. The van der Waals surface area contributed by atoms with Crippen LogP contribution < -0.4 is 14.8 Å². The lowest BCUT2D eigenvalue weighted by Gasteiger charge is -2.10. The van der Waals surface area contributed by atoms with Crippen LogP contribution in [0, 0.1) is 0 Å². The monoisotopic (exact) mass is 237 g/mol. The summed E-state index contributed by atoms with van der Waals surface area (Å²) in [6.07, 6.45) is 0. The van der Waals surface area contributed by atoms with Gasteiger partial charge in [0, 0.05) is 36.0 Å². The van der Waals surface area contributed by atoms with Gasteiger partial charge in [-0.2, -0.15) is 0 Å². The summed E-state index contributed by atoms with van der Waals surface area (Å²) >= 11 is 0. The number of hydrogen-bond donors (Lipinski definition) is 2. The van der Waals surface area contributed by atoms with Gasteiger partial charge in [-0.1, -0.05) is 6.58 Å². The number of carboxylic acid groups (broad SMARTS) is 1. The van der Waals surface area contributed by atoms with Crippen LogP contribution in [-0.4, -0.2) is 31.8 Å². The number of methoxy groups -OCH3 is 2. The van der Waals surface area contributed by atoms with E-state index in [0.717, 1.165) is 0 Å². The zero-order chi connectivity index (χ0) is 12.8. The molecule has 17 heavy (non-hydrogen) atoms. The van der Waals surface area contributed by atoms with Gasteiger partial charge in [0.25, 0.3) is 0 Å². The Labute approximate surface area is 99.7 Å². The minimum absolute atomic E-state index is 0.0896. The Kier molecular flexibility index (Phi) is 4.39. The maximum absolute atomic E-state index is 10.6. The van der Waals surface area contributed by atoms with Gasteiger partial charge in [0.2, 0.25) is 0 Å². The fraction of sp³-hybridized carbons (Fsp3) is 0.250. The Hall–Kier alpha value is -2.17. The van der Waals surface area contributed by atoms with E-state index in [-0.39, 0.29) is 12.1 Å². The molecule has 5 nitrogen and oxygen atoms in total. The largest absolute Gasteiger partial charge is 0.497 e. The van der Waals surface area contributed by atoms with Crippen molar-refractivity contribution in [2.45, 2.75) is 0 Å². The van der Waals surface area contributed by atoms with E-state index in [1.807, 2.05) is 0 Å². The van der Waals surface area contributed by atoms with E-state index < -0.39 is 5.97 Å². The number of rotatable bonds is 6. The van der Waals surface area contributed by atoms with Gasteiger partial charge in [-0.3, -0.25) is 0 Å². The molecule has 0 aliphatic rings. The Morgan fingerprint density at radius 2 is 1.82 bits per heavy atom. The first-order chi connectivity index (χ1) is 8.06. The van der Waals surface area contributed by atoms with Crippen LogP contribution in [0.1, 0.15) is 0 Å². The van der Waals surface area contributed by atoms with Gasteiger partial charge in [-0.15, -0.1) is 0 Å². The molecule has 0 radical (unpaired) electrons. The van der Waals surface area contributed by atoms with Crippen molar-refractivity contribution in [3.05, 3.63) is 30.4 Å². The fourth-order valence-corrected chi connectivity index (χ4v) is 1.19. The van der Waals surface area contributed by atoms with E-state index >= 15 is 0 Å². The second-order valence-electron chi connectivity index (χ2n) is 3.36. The van der Waals surface area contributed by atoms with Crippen LogP contribution in [0.25, 0.3) is 0 Å². The molecule has 0 saturated heterocycles. The first kappa shape index (κ1) is 12.9. The van der Waals surface area contributed by atoms with Gasteiger partial charge in [0.1, 0.15) is 11.5 Å². The third-order valence-electron chi connectivity index (χ3n) is 2.16. The molecule has 0 aromatic heterocycles. The van der Waals surface area contributed by atoms with Gasteiger partial charge in [-0.25, -0.2) is 4.79 Å². The highest BCUT2D eigenvalue weighted by Gasteiger charge is 2.05. The van der Waals surface area contributed by atoms with E-state index in [0.29, 0.717) is 17.2 Å². The van der Waals surface area contributed by atoms with Crippen LogP contribution in [0.2, 0.25) is 0 Å². The third-order valence-corrected chi connectivity index (χ3v) is 2.16. The molecule has 0 atom stereocenters. The molecule has 1 aromatic rings. The van der Waals surface area contributed by atoms with Crippen molar-refractivity contribution < 1.29 is 19.4 Å². The average Bonchev–Trinajstić information content (AvgIpc) is 2.35. The third kappa shape index (κ3) is 3.71. The van der Waals surface area contributed by atoms with Crippen molar-refractivity contribution in [1.29, 1.82) is 0 Å². The molecule has 0 aliphatic carbocycles. The second kappa shape index (κ2) is 5.79. The molecular formula is C12H15NO4. The molecular weight excluding hydrogens is 222 g/mol. The maximum Gasteiger partial charge on any atom is 0.332 e. The molecule has 2 N–H and O–H groups in total. The van der Waals surface area contributed by atoms with Crippen molar-refractivity contribution >= 4 is 11.7 Å². The van der Waals surface area contributed by atoms with Crippen molar-refractivity contribution in [1.82, 2.24) is 0 Å². The summed E-state index contributed by atoms with van der Waals surface area (Å²) in [5.41, 5.74) is 0.801. The summed E-state index contributed by atoms with van der Waals surface area (Å²) in [4.78, 5) is 10.6. The van der Waals surface area contributed by atoms with Gasteiger partial charge >= 0.3 is 5.97 Å². The first-order valence-electron chi connectivity index (χ1n) is 4.95. The fourth-order valence-electron chi connectivity index (χ4n) is 1.19. The van der Waals surface area contributed by atoms with Crippen LogP contribution in [0.4, 0.5) is 5.69 Å². The number of hydrogen-bond acceptors (Lipinski definition) is 4. The molecule has 0 unspecified atom stereocenters. The van der Waals surface area contributed by atoms with Crippen LogP contribution in [0.5, 0.6) is 11.5 Å². The maximum atomic E-state index is 10.6. The first-order valence-corrected chi connectivity index (χ1v) is 4.95.